The van der Waals surface area contributed by atoms with E-state index in [2.05, 4.69) is 20.9 Å². The molecule has 3 amide bonds. The molecular formula is C35H32N4O8. The number of benzene rings is 4. The highest BCUT2D eigenvalue weighted by molar-refractivity contribution is 6.01. The lowest BCUT2D eigenvalue weighted by Gasteiger charge is -2.17. The number of hydrogen-bond donors (Lipinski definition) is 4. The van der Waals surface area contributed by atoms with Gasteiger partial charge in [-0.05, 0) is 33.4 Å². The predicted molar refractivity (Wildman–Crippen MR) is 171 cm³/mol. The molecule has 4 aromatic carbocycles. The van der Waals surface area contributed by atoms with E-state index in [0.29, 0.717) is 0 Å². The standard InChI is InChI=1S/C35H32N4O8/c40-31(41)30(37-33(42)47-22-29-27-17-9-7-15-25(27)26-16-8-10-18-28(26)29)19-36-32(38-34(43)45-20-23-11-3-1-4-12-23)39-35(44)46-21-24-13-5-2-6-14-24/h1-18,29-30H,19-22H2,(H,37,42)(H,40,41)(H2,36,38,39,43,44). The summed E-state index contributed by atoms with van der Waals surface area (Å²) in [5.41, 5.74) is 5.53. The van der Waals surface area contributed by atoms with Gasteiger partial charge in [0, 0.05) is 5.92 Å². The number of nitrogens with zero attached hydrogens (tertiary/aromatic N) is 1. The van der Waals surface area contributed by atoms with E-state index in [0.717, 1.165) is 33.4 Å². The summed E-state index contributed by atoms with van der Waals surface area (Å²) in [4.78, 5) is 53.9. The number of nitrogens with one attached hydrogen (secondary N) is 3. The monoisotopic (exact) mass is 636 g/mol. The van der Waals surface area contributed by atoms with Gasteiger partial charge >= 0.3 is 24.2 Å². The molecule has 0 fully saturated rings. The molecule has 0 saturated heterocycles. The molecule has 0 aromatic heterocycles. The van der Waals surface area contributed by atoms with E-state index >= 15 is 0 Å². The van der Waals surface area contributed by atoms with Crippen molar-refractivity contribution in [3.63, 3.8) is 0 Å². The van der Waals surface area contributed by atoms with E-state index in [4.69, 9.17) is 14.2 Å². The van der Waals surface area contributed by atoms with Crippen LogP contribution in [0.5, 0.6) is 0 Å². The van der Waals surface area contributed by atoms with Crippen molar-refractivity contribution in [2.45, 2.75) is 25.2 Å². The third kappa shape index (κ3) is 8.94. The first-order valence-corrected chi connectivity index (χ1v) is 14.7. The number of amides is 3. The maximum absolute atomic E-state index is 12.8. The van der Waals surface area contributed by atoms with E-state index in [1.54, 1.807) is 48.5 Å². The molecule has 0 saturated carbocycles. The third-order valence-corrected chi connectivity index (χ3v) is 7.23. The zero-order valence-electron chi connectivity index (χ0n) is 25.1. The molecule has 4 aromatic rings. The third-order valence-electron chi connectivity index (χ3n) is 7.23. The summed E-state index contributed by atoms with van der Waals surface area (Å²) in [5.74, 6) is -2.08. The lowest BCUT2D eigenvalue weighted by molar-refractivity contribution is -0.139. The van der Waals surface area contributed by atoms with E-state index in [1.807, 2.05) is 60.7 Å². The largest absolute Gasteiger partial charge is 0.480 e. The number of carbonyl (C=O) groups is 4. The number of alkyl carbamates (subject to hydrolysis) is 3. The van der Waals surface area contributed by atoms with Crippen molar-refractivity contribution in [2.24, 2.45) is 4.99 Å². The van der Waals surface area contributed by atoms with Gasteiger partial charge in [-0.1, -0.05) is 109 Å². The Morgan fingerprint density at radius 3 is 1.60 bits per heavy atom. The molecule has 0 radical (unpaired) electrons. The van der Waals surface area contributed by atoms with Crippen LogP contribution in [0.1, 0.15) is 28.2 Å². The molecule has 1 aliphatic carbocycles. The molecule has 47 heavy (non-hydrogen) atoms. The number of rotatable bonds is 10. The van der Waals surface area contributed by atoms with Gasteiger partial charge in [0.15, 0.2) is 0 Å². The molecule has 1 atom stereocenters. The van der Waals surface area contributed by atoms with Crippen LogP contribution in [0.3, 0.4) is 0 Å². The number of aliphatic imine (C=N–C) groups is 1. The van der Waals surface area contributed by atoms with E-state index in [9.17, 15) is 24.3 Å². The second kappa shape index (κ2) is 15.7. The highest BCUT2D eigenvalue weighted by Gasteiger charge is 2.30. The average molecular weight is 637 g/mol. The lowest BCUT2D eigenvalue weighted by atomic mass is 9.98. The van der Waals surface area contributed by atoms with Gasteiger partial charge in [0.05, 0.1) is 6.54 Å². The van der Waals surface area contributed by atoms with Crippen LogP contribution in [0.15, 0.2) is 114 Å². The van der Waals surface area contributed by atoms with E-state index in [1.165, 1.54) is 0 Å². The Labute approximate surface area is 270 Å². The maximum Gasteiger partial charge on any atom is 0.414 e. The second-order valence-corrected chi connectivity index (χ2v) is 10.4. The number of carboxylic acids is 1. The van der Waals surface area contributed by atoms with Crippen LogP contribution in [0.2, 0.25) is 0 Å². The van der Waals surface area contributed by atoms with Gasteiger partial charge in [-0.3, -0.25) is 10.6 Å². The fraction of sp³-hybridized carbons (Fsp3) is 0.171. The van der Waals surface area contributed by atoms with Crippen molar-refractivity contribution in [1.82, 2.24) is 16.0 Å². The summed E-state index contributed by atoms with van der Waals surface area (Å²) in [6, 6.07) is 31.8. The molecule has 1 unspecified atom stereocenters. The van der Waals surface area contributed by atoms with Gasteiger partial charge in [0.2, 0.25) is 5.96 Å². The van der Waals surface area contributed by atoms with Crippen molar-refractivity contribution in [3.8, 4) is 11.1 Å². The van der Waals surface area contributed by atoms with Gasteiger partial charge < -0.3 is 24.6 Å². The van der Waals surface area contributed by atoms with Crippen LogP contribution in [0.4, 0.5) is 14.4 Å². The predicted octanol–water partition coefficient (Wildman–Crippen LogP) is 5.19. The molecule has 12 nitrogen and oxygen atoms in total. The van der Waals surface area contributed by atoms with Crippen molar-refractivity contribution >= 4 is 30.2 Å². The molecule has 0 heterocycles. The minimum atomic E-state index is -1.56. The summed E-state index contributed by atoms with van der Waals surface area (Å²) >= 11 is 0. The topological polar surface area (TPSA) is 165 Å². The van der Waals surface area contributed by atoms with Gasteiger partial charge in [-0.15, -0.1) is 0 Å². The van der Waals surface area contributed by atoms with Crippen molar-refractivity contribution in [3.05, 3.63) is 131 Å². The Balaban J connectivity index is 1.21. The van der Waals surface area contributed by atoms with Gasteiger partial charge in [-0.25, -0.2) is 24.2 Å². The van der Waals surface area contributed by atoms with Crippen LogP contribution in [-0.4, -0.2) is 54.5 Å². The molecule has 0 bridgehead atoms. The van der Waals surface area contributed by atoms with E-state index in [-0.39, 0.29) is 25.7 Å². The fourth-order valence-electron chi connectivity index (χ4n) is 4.97. The normalized spacial score (nSPS) is 12.0. The quantitative estimate of drug-likeness (QED) is 0.105. The Hall–Kier alpha value is -6.17. The molecule has 4 N–H and O–H groups in total. The summed E-state index contributed by atoms with van der Waals surface area (Å²) < 4.78 is 15.8. The summed E-state index contributed by atoms with van der Waals surface area (Å²) in [6.07, 6.45) is -2.90. The maximum atomic E-state index is 12.8. The molecule has 12 heteroatoms. The summed E-state index contributed by atoms with van der Waals surface area (Å²) in [7, 11) is 0. The molecule has 0 spiro atoms. The molecule has 1 aliphatic rings. The summed E-state index contributed by atoms with van der Waals surface area (Å²) in [6.45, 7) is -0.740. The number of guanidine groups is 1. The molecule has 240 valence electrons. The average Bonchev–Trinajstić information content (AvgIpc) is 3.41. The summed E-state index contributed by atoms with van der Waals surface area (Å²) in [5, 5.41) is 16.7. The number of hydrogen-bond acceptors (Lipinski definition) is 8. The number of fused-ring (bicyclic) bond motifs is 3. The first-order chi connectivity index (χ1) is 22.9. The van der Waals surface area contributed by atoms with Crippen molar-refractivity contribution in [1.29, 1.82) is 0 Å². The highest BCUT2D eigenvalue weighted by atomic mass is 16.6. The van der Waals surface area contributed by atoms with Crippen LogP contribution >= 0.6 is 0 Å². The number of aliphatic carboxylic acids is 1. The zero-order chi connectivity index (χ0) is 33.0. The Morgan fingerprint density at radius 2 is 1.11 bits per heavy atom. The van der Waals surface area contributed by atoms with Crippen molar-refractivity contribution in [2.75, 3.05) is 13.2 Å². The molecule has 0 aliphatic heterocycles. The van der Waals surface area contributed by atoms with E-state index < -0.39 is 42.8 Å². The highest BCUT2D eigenvalue weighted by Crippen LogP contribution is 2.44. The lowest BCUT2D eigenvalue weighted by Crippen LogP contribution is -2.47. The van der Waals surface area contributed by atoms with Crippen LogP contribution in [0.25, 0.3) is 11.1 Å². The Kier molecular flexibility index (Phi) is 10.8. The van der Waals surface area contributed by atoms with Crippen LogP contribution in [-0.2, 0) is 32.2 Å². The van der Waals surface area contributed by atoms with Gasteiger partial charge in [0.25, 0.3) is 0 Å². The fourth-order valence-corrected chi connectivity index (χ4v) is 4.97. The number of carbonyl (C=O) groups excluding carboxylic acids is 3. The Morgan fingerprint density at radius 1 is 0.638 bits per heavy atom. The number of carboxylic acid groups (broad SMARTS) is 1. The van der Waals surface area contributed by atoms with Crippen LogP contribution in [0, 0.1) is 0 Å². The number of ether oxygens (including phenoxy) is 3. The Bertz CT molecular complexity index is 1640. The second-order valence-electron chi connectivity index (χ2n) is 10.4. The molecule has 5 rings (SSSR count). The smallest absolute Gasteiger partial charge is 0.414 e. The van der Waals surface area contributed by atoms with Crippen molar-refractivity contribution < 1.29 is 38.5 Å². The van der Waals surface area contributed by atoms with Gasteiger partial charge in [-0.2, -0.15) is 0 Å². The first-order valence-electron chi connectivity index (χ1n) is 14.7. The SMILES string of the molecule is O=C(NC(=NCC(NC(=O)OCC1c2ccccc2-c2ccccc21)C(=O)O)NC(=O)OCc1ccccc1)OCc1ccccc1. The minimum absolute atomic E-state index is 0.0235. The van der Waals surface area contributed by atoms with Crippen LogP contribution < -0.4 is 16.0 Å². The zero-order valence-corrected chi connectivity index (χ0v) is 25.1. The minimum Gasteiger partial charge on any atom is -0.480 e. The molecular weight excluding hydrogens is 604 g/mol. The van der Waals surface area contributed by atoms with Gasteiger partial charge in [0.1, 0.15) is 25.9 Å². The first kappa shape index (κ1) is 32.2.